The first-order valence-corrected chi connectivity index (χ1v) is 7.09. The monoisotopic (exact) mass is 314 g/mol. The summed E-state index contributed by atoms with van der Waals surface area (Å²) in [6.07, 6.45) is -1.09. The molecule has 0 aliphatic carbocycles. The lowest BCUT2D eigenvalue weighted by Gasteiger charge is -2.13. The first-order chi connectivity index (χ1) is 11.0. The second-order valence-corrected chi connectivity index (χ2v) is 5.03. The highest BCUT2D eigenvalue weighted by molar-refractivity contribution is 5.84. The van der Waals surface area contributed by atoms with E-state index in [9.17, 15) is 9.59 Å². The Balaban J connectivity index is 1.93. The predicted molar refractivity (Wildman–Crippen MR) is 85.1 cm³/mol. The van der Waals surface area contributed by atoms with Crippen LogP contribution in [-0.2, 0) is 17.8 Å². The van der Waals surface area contributed by atoms with Crippen LogP contribution >= 0.6 is 0 Å². The number of carbonyl (C=O) groups excluding carboxylic acids is 1. The third-order valence-electron chi connectivity index (χ3n) is 3.25. The van der Waals surface area contributed by atoms with Crippen molar-refractivity contribution in [3.05, 3.63) is 65.7 Å². The zero-order valence-electron chi connectivity index (χ0n) is 12.4. The number of carboxylic acid groups (broad SMARTS) is 1. The Morgan fingerprint density at radius 1 is 1.04 bits per heavy atom. The zero-order valence-corrected chi connectivity index (χ0v) is 12.4. The Hall–Kier alpha value is -3.02. The molecule has 0 heterocycles. The summed E-state index contributed by atoms with van der Waals surface area (Å²) in [7, 11) is 0. The Labute approximate surface area is 133 Å². The van der Waals surface area contributed by atoms with Gasteiger partial charge in [-0.15, -0.1) is 0 Å². The van der Waals surface area contributed by atoms with E-state index in [2.05, 4.69) is 5.32 Å². The number of benzene rings is 2. The zero-order chi connectivity index (χ0) is 16.7. The van der Waals surface area contributed by atoms with Crippen LogP contribution in [0.2, 0.25) is 0 Å². The van der Waals surface area contributed by atoms with E-state index in [4.69, 9.17) is 15.6 Å². The number of nitrogens with one attached hydrogen (secondary N) is 1. The molecule has 0 aromatic heterocycles. The molecule has 23 heavy (non-hydrogen) atoms. The third-order valence-corrected chi connectivity index (χ3v) is 3.25. The van der Waals surface area contributed by atoms with Crippen molar-refractivity contribution in [2.75, 3.05) is 0 Å². The van der Waals surface area contributed by atoms with Crippen molar-refractivity contribution in [2.45, 2.75) is 19.1 Å². The fourth-order valence-electron chi connectivity index (χ4n) is 2.07. The second kappa shape index (κ2) is 7.84. The minimum absolute atomic E-state index is 0.195. The van der Waals surface area contributed by atoms with Crippen molar-refractivity contribution >= 4 is 12.0 Å². The van der Waals surface area contributed by atoms with Crippen LogP contribution in [0.3, 0.4) is 0 Å². The van der Waals surface area contributed by atoms with Gasteiger partial charge in [0, 0.05) is 6.42 Å². The lowest BCUT2D eigenvalue weighted by molar-refractivity contribution is -0.119. The molecule has 4 N–H and O–H groups in total. The predicted octanol–water partition coefficient (Wildman–Crippen LogP) is 1.93. The number of rotatable bonds is 7. The van der Waals surface area contributed by atoms with E-state index in [1.807, 2.05) is 30.3 Å². The van der Waals surface area contributed by atoms with Crippen molar-refractivity contribution < 1.29 is 19.4 Å². The number of primary amides is 1. The van der Waals surface area contributed by atoms with Crippen molar-refractivity contribution in [3.63, 3.8) is 0 Å². The molecule has 1 atom stereocenters. The topological polar surface area (TPSA) is 102 Å². The standard InChI is InChI=1S/C17H18N2O4/c18-16(20)15(19-17(21)22)10-12-6-8-14(9-7-12)23-11-13-4-2-1-3-5-13/h1-9,15,19H,10-11H2,(H2,18,20)(H,21,22)/t15-/m0/s1. The van der Waals surface area contributed by atoms with Gasteiger partial charge in [-0.25, -0.2) is 4.79 Å². The lowest BCUT2D eigenvalue weighted by atomic mass is 10.1. The van der Waals surface area contributed by atoms with Gasteiger partial charge in [-0.1, -0.05) is 42.5 Å². The summed E-state index contributed by atoms with van der Waals surface area (Å²) in [5, 5.41) is 10.8. The molecule has 0 aliphatic rings. The van der Waals surface area contributed by atoms with Crippen molar-refractivity contribution in [3.8, 4) is 5.75 Å². The SMILES string of the molecule is NC(=O)[C@H](Cc1ccc(OCc2ccccc2)cc1)NC(=O)O. The molecular formula is C17H18N2O4. The fraction of sp³-hybridized carbons (Fsp3) is 0.176. The molecule has 120 valence electrons. The van der Waals surface area contributed by atoms with E-state index in [-0.39, 0.29) is 6.42 Å². The van der Waals surface area contributed by atoms with Gasteiger partial charge in [0.1, 0.15) is 18.4 Å². The molecule has 0 radical (unpaired) electrons. The molecule has 0 saturated heterocycles. The van der Waals surface area contributed by atoms with E-state index >= 15 is 0 Å². The summed E-state index contributed by atoms with van der Waals surface area (Å²) in [6, 6.07) is 15.9. The maximum atomic E-state index is 11.2. The van der Waals surface area contributed by atoms with Gasteiger partial charge in [-0.3, -0.25) is 4.79 Å². The average Bonchev–Trinajstić information content (AvgIpc) is 2.54. The molecule has 2 amide bonds. The van der Waals surface area contributed by atoms with Crippen LogP contribution in [0.4, 0.5) is 4.79 Å². The van der Waals surface area contributed by atoms with Gasteiger partial charge in [-0.2, -0.15) is 0 Å². The largest absolute Gasteiger partial charge is 0.489 e. The van der Waals surface area contributed by atoms with Crippen LogP contribution in [0, 0.1) is 0 Å². The van der Waals surface area contributed by atoms with Crippen molar-refractivity contribution in [1.29, 1.82) is 0 Å². The second-order valence-electron chi connectivity index (χ2n) is 5.03. The molecular weight excluding hydrogens is 296 g/mol. The van der Waals surface area contributed by atoms with Gasteiger partial charge in [0.05, 0.1) is 0 Å². The molecule has 0 saturated carbocycles. The minimum Gasteiger partial charge on any atom is -0.489 e. The van der Waals surface area contributed by atoms with Crippen LogP contribution in [-0.4, -0.2) is 23.1 Å². The molecule has 0 fully saturated rings. The van der Waals surface area contributed by atoms with Gasteiger partial charge in [-0.05, 0) is 23.3 Å². The van der Waals surface area contributed by atoms with E-state index in [1.165, 1.54) is 0 Å². The summed E-state index contributed by atoms with van der Waals surface area (Å²) in [5.74, 6) is -0.0174. The minimum atomic E-state index is -1.28. The highest BCUT2D eigenvalue weighted by Gasteiger charge is 2.17. The lowest BCUT2D eigenvalue weighted by Crippen LogP contribution is -2.45. The van der Waals surface area contributed by atoms with Crippen LogP contribution in [0.25, 0.3) is 0 Å². The quantitative estimate of drug-likeness (QED) is 0.726. The molecule has 0 aliphatic heterocycles. The number of nitrogens with two attached hydrogens (primary N) is 1. The number of hydrogen-bond acceptors (Lipinski definition) is 3. The first-order valence-electron chi connectivity index (χ1n) is 7.09. The summed E-state index contributed by atoms with van der Waals surface area (Å²) >= 11 is 0. The number of amides is 2. The molecule has 2 aromatic carbocycles. The van der Waals surface area contributed by atoms with Gasteiger partial charge >= 0.3 is 6.09 Å². The summed E-state index contributed by atoms with van der Waals surface area (Å²) in [5.41, 5.74) is 7.04. The van der Waals surface area contributed by atoms with Gasteiger partial charge in [0.15, 0.2) is 0 Å². The summed E-state index contributed by atoms with van der Waals surface area (Å²) in [6.45, 7) is 0.463. The number of ether oxygens (including phenoxy) is 1. The molecule has 2 rings (SSSR count). The summed E-state index contributed by atoms with van der Waals surface area (Å²) < 4.78 is 5.66. The smallest absolute Gasteiger partial charge is 0.405 e. The first kappa shape index (κ1) is 16.4. The van der Waals surface area contributed by atoms with Crippen LogP contribution in [0.1, 0.15) is 11.1 Å². The number of hydrogen-bond donors (Lipinski definition) is 3. The maximum Gasteiger partial charge on any atom is 0.405 e. The van der Waals surface area contributed by atoms with Crippen molar-refractivity contribution in [1.82, 2.24) is 5.32 Å². The molecule has 0 unspecified atom stereocenters. The highest BCUT2D eigenvalue weighted by atomic mass is 16.5. The van der Waals surface area contributed by atoms with Crippen LogP contribution in [0.15, 0.2) is 54.6 Å². The molecule has 6 heteroatoms. The Kier molecular flexibility index (Phi) is 5.57. The van der Waals surface area contributed by atoms with E-state index in [0.717, 1.165) is 11.1 Å². The van der Waals surface area contributed by atoms with E-state index in [0.29, 0.717) is 12.4 Å². The van der Waals surface area contributed by atoms with Crippen LogP contribution < -0.4 is 15.8 Å². The Morgan fingerprint density at radius 2 is 1.70 bits per heavy atom. The van der Waals surface area contributed by atoms with Crippen molar-refractivity contribution in [2.24, 2.45) is 5.73 Å². The van der Waals surface area contributed by atoms with E-state index < -0.39 is 18.0 Å². The molecule has 0 spiro atoms. The number of carbonyl (C=O) groups is 2. The average molecular weight is 314 g/mol. The van der Waals surface area contributed by atoms with Gasteiger partial charge in [0.2, 0.25) is 5.91 Å². The molecule has 0 bridgehead atoms. The Bertz CT molecular complexity index is 656. The maximum absolute atomic E-state index is 11.2. The van der Waals surface area contributed by atoms with Crippen LogP contribution in [0.5, 0.6) is 5.75 Å². The van der Waals surface area contributed by atoms with Gasteiger partial charge < -0.3 is 20.9 Å². The third kappa shape index (κ3) is 5.35. The van der Waals surface area contributed by atoms with Gasteiger partial charge in [0.25, 0.3) is 0 Å². The highest BCUT2D eigenvalue weighted by Crippen LogP contribution is 2.15. The Morgan fingerprint density at radius 3 is 2.26 bits per heavy atom. The molecule has 2 aromatic rings. The fourth-order valence-corrected chi connectivity index (χ4v) is 2.07. The normalized spacial score (nSPS) is 11.5. The molecule has 6 nitrogen and oxygen atoms in total. The van der Waals surface area contributed by atoms with E-state index in [1.54, 1.807) is 24.3 Å². The summed E-state index contributed by atoms with van der Waals surface area (Å²) in [4.78, 5) is 21.9.